The maximum Gasteiger partial charge on any atom is 0.416 e. The standard InChI is InChI=1S/C8H6F5N/c9-7-2-5(4-14-13)1-6(3-7)8(10,11)12/h1-3,14H,4H2. The van der Waals surface area contributed by atoms with E-state index in [1.807, 2.05) is 0 Å². The van der Waals surface area contributed by atoms with E-state index >= 15 is 0 Å². The van der Waals surface area contributed by atoms with Crippen LogP contribution in [0.25, 0.3) is 0 Å². The van der Waals surface area contributed by atoms with Crippen molar-refractivity contribution < 1.29 is 22.0 Å². The average molecular weight is 211 g/mol. The van der Waals surface area contributed by atoms with Crippen molar-refractivity contribution >= 4 is 0 Å². The number of halogens is 5. The third-order valence-corrected chi connectivity index (χ3v) is 1.56. The van der Waals surface area contributed by atoms with Crippen LogP contribution < -0.4 is 5.54 Å². The van der Waals surface area contributed by atoms with Gasteiger partial charge in [0.15, 0.2) is 0 Å². The second-order valence-electron chi connectivity index (χ2n) is 2.66. The van der Waals surface area contributed by atoms with Crippen LogP contribution in [0.1, 0.15) is 11.1 Å². The molecule has 0 aliphatic rings. The molecule has 1 aromatic carbocycles. The molecule has 0 aliphatic heterocycles. The van der Waals surface area contributed by atoms with E-state index in [-0.39, 0.29) is 5.56 Å². The third kappa shape index (κ3) is 2.66. The zero-order valence-electron chi connectivity index (χ0n) is 6.83. The number of nitrogens with one attached hydrogen (secondary N) is 1. The van der Waals surface area contributed by atoms with Crippen LogP contribution in [0.4, 0.5) is 22.0 Å². The van der Waals surface area contributed by atoms with Gasteiger partial charge in [-0.2, -0.15) is 18.7 Å². The molecule has 0 fully saturated rings. The second-order valence-corrected chi connectivity index (χ2v) is 2.66. The maximum absolute atomic E-state index is 12.6. The Hall–Kier alpha value is -1.17. The number of benzene rings is 1. The highest BCUT2D eigenvalue weighted by molar-refractivity contribution is 5.26. The van der Waals surface area contributed by atoms with Crippen molar-refractivity contribution in [3.05, 3.63) is 35.1 Å². The lowest BCUT2D eigenvalue weighted by atomic mass is 10.1. The van der Waals surface area contributed by atoms with Crippen LogP contribution in [0.5, 0.6) is 0 Å². The first-order valence-corrected chi connectivity index (χ1v) is 3.63. The summed E-state index contributed by atoms with van der Waals surface area (Å²) in [4.78, 5) is 0. The van der Waals surface area contributed by atoms with Crippen molar-refractivity contribution in [1.29, 1.82) is 0 Å². The first-order chi connectivity index (χ1) is 6.43. The molecule has 1 nitrogen and oxygen atoms in total. The van der Waals surface area contributed by atoms with E-state index in [9.17, 15) is 22.0 Å². The molecule has 14 heavy (non-hydrogen) atoms. The number of alkyl halides is 3. The van der Waals surface area contributed by atoms with Crippen LogP contribution in [-0.4, -0.2) is 0 Å². The summed E-state index contributed by atoms with van der Waals surface area (Å²) in [6.45, 7) is -0.458. The Morgan fingerprint density at radius 1 is 1.14 bits per heavy atom. The third-order valence-electron chi connectivity index (χ3n) is 1.56. The first kappa shape index (κ1) is 10.9. The Bertz CT molecular complexity index is 320. The second kappa shape index (κ2) is 3.91. The summed E-state index contributed by atoms with van der Waals surface area (Å²) in [7, 11) is 0. The van der Waals surface area contributed by atoms with Crippen molar-refractivity contribution in [2.75, 3.05) is 0 Å². The molecule has 0 spiro atoms. The average Bonchev–Trinajstić information content (AvgIpc) is 2.02. The summed E-state index contributed by atoms with van der Waals surface area (Å²) in [6.07, 6.45) is -4.62. The number of hydrogen-bond acceptors (Lipinski definition) is 1. The van der Waals surface area contributed by atoms with Crippen LogP contribution >= 0.6 is 0 Å². The molecule has 0 radical (unpaired) electrons. The van der Waals surface area contributed by atoms with Crippen LogP contribution in [0.3, 0.4) is 0 Å². The summed E-state index contributed by atoms with van der Waals surface area (Å²) in [5.41, 5.74) is -0.0640. The topological polar surface area (TPSA) is 12.0 Å². The van der Waals surface area contributed by atoms with E-state index in [2.05, 4.69) is 0 Å². The molecule has 0 unspecified atom stereocenters. The Labute approximate surface area is 76.5 Å². The fourth-order valence-corrected chi connectivity index (χ4v) is 0.993. The van der Waals surface area contributed by atoms with Crippen molar-refractivity contribution in [2.24, 2.45) is 0 Å². The lowest BCUT2D eigenvalue weighted by Crippen LogP contribution is -2.08. The minimum absolute atomic E-state index is 0.0974. The molecule has 0 bridgehead atoms. The van der Waals surface area contributed by atoms with Crippen molar-refractivity contribution in [3.8, 4) is 0 Å². The Kier molecular flexibility index (Phi) is 3.05. The minimum Gasteiger partial charge on any atom is -0.207 e. The monoisotopic (exact) mass is 211 g/mol. The highest BCUT2D eigenvalue weighted by atomic mass is 19.4. The van der Waals surface area contributed by atoms with Crippen LogP contribution in [-0.2, 0) is 12.7 Å². The van der Waals surface area contributed by atoms with Gasteiger partial charge in [-0.25, -0.2) is 4.39 Å². The normalized spacial score (nSPS) is 11.8. The van der Waals surface area contributed by atoms with Gasteiger partial charge in [0, 0.05) is 0 Å². The summed E-state index contributed by atoms with van der Waals surface area (Å²) in [6, 6.07) is 1.89. The lowest BCUT2D eigenvalue weighted by Gasteiger charge is -2.08. The van der Waals surface area contributed by atoms with Crippen molar-refractivity contribution in [1.82, 2.24) is 5.54 Å². The molecule has 78 valence electrons. The zero-order valence-corrected chi connectivity index (χ0v) is 6.83. The van der Waals surface area contributed by atoms with E-state index in [4.69, 9.17) is 0 Å². The van der Waals surface area contributed by atoms with E-state index in [1.54, 1.807) is 0 Å². The number of hydrogen-bond donors (Lipinski definition) is 1. The summed E-state index contributed by atoms with van der Waals surface area (Å²) >= 11 is 0. The SMILES string of the molecule is FNCc1cc(F)cc(C(F)(F)F)c1. The van der Waals surface area contributed by atoms with Crippen LogP contribution in [0, 0.1) is 5.82 Å². The predicted molar refractivity (Wildman–Crippen MR) is 39.3 cm³/mol. The molecule has 0 saturated heterocycles. The van der Waals surface area contributed by atoms with Gasteiger partial charge >= 0.3 is 6.18 Å². The maximum atomic E-state index is 12.6. The van der Waals surface area contributed by atoms with Gasteiger partial charge in [0.1, 0.15) is 5.82 Å². The van der Waals surface area contributed by atoms with Gasteiger partial charge in [-0.3, -0.25) is 0 Å². The van der Waals surface area contributed by atoms with E-state index < -0.39 is 24.1 Å². The highest BCUT2D eigenvalue weighted by Crippen LogP contribution is 2.30. The van der Waals surface area contributed by atoms with Gasteiger partial charge in [0.2, 0.25) is 0 Å². The fourth-order valence-electron chi connectivity index (χ4n) is 0.993. The minimum atomic E-state index is -4.62. The lowest BCUT2D eigenvalue weighted by molar-refractivity contribution is -0.137. The van der Waals surface area contributed by atoms with Gasteiger partial charge in [-0.15, -0.1) is 4.48 Å². The van der Waals surface area contributed by atoms with E-state index in [0.717, 1.165) is 11.6 Å². The largest absolute Gasteiger partial charge is 0.416 e. The molecule has 0 saturated carbocycles. The molecule has 0 aliphatic carbocycles. The number of rotatable bonds is 2. The summed E-state index contributed by atoms with van der Waals surface area (Å²) in [5.74, 6) is -1.04. The smallest absolute Gasteiger partial charge is 0.207 e. The molecule has 1 N–H and O–H groups in total. The summed E-state index contributed by atoms with van der Waals surface area (Å²) in [5, 5.41) is 0. The highest BCUT2D eigenvalue weighted by Gasteiger charge is 2.31. The van der Waals surface area contributed by atoms with Crippen LogP contribution in [0.2, 0.25) is 0 Å². The molecule has 0 atom stereocenters. The molecule has 1 rings (SSSR count). The Balaban J connectivity index is 3.07. The fraction of sp³-hybridized carbons (Fsp3) is 0.250. The Morgan fingerprint density at radius 3 is 2.29 bits per heavy atom. The Morgan fingerprint density at radius 2 is 1.79 bits per heavy atom. The molecule has 0 aromatic heterocycles. The molecular weight excluding hydrogens is 205 g/mol. The van der Waals surface area contributed by atoms with Gasteiger partial charge in [-0.1, -0.05) is 0 Å². The van der Waals surface area contributed by atoms with Crippen LogP contribution in [0.15, 0.2) is 18.2 Å². The van der Waals surface area contributed by atoms with Gasteiger partial charge in [0.05, 0.1) is 12.1 Å². The first-order valence-electron chi connectivity index (χ1n) is 3.63. The zero-order chi connectivity index (χ0) is 10.8. The van der Waals surface area contributed by atoms with E-state index in [0.29, 0.717) is 12.1 Å². The molecule has 0 amide bonds. The summed E-state index contributed by atoms with van der Waals surface area (Å²) < 4.78 is 60.5. The van der Waals surface area contributed by atoms with Gasteiger partial charge in [0.25, 0.3) is 0 Å². The molecule has 6 heteroatoms. The van der Waals surface area contributed by atoms with Gasteiger partial charge in [-0.05, 0) is 23.8 Å². The van der Waals surface area contributed by atoms with E-state index in [1.165, 1.54) is 0 Å². The molecule has 0 heterocycles. The predicted octanol–water partition coefficient (Wildman–Crippen LogP) is 2.82. The van der Waals surface area contributed by atoms with Crippen molar-refractivity contribution in [3.63, 3.8) is 0 Å². The van der Waals surface area contributed by atoms with Crippen molar-refractivity contribution in [2.45, 2.75) is 12.7 Å². The van der Waals surface area contributed by atoms with Gasteiger partial charge < -0.3 is 0 Å². The molecule has 1 aromatic rings. The quantitative estimate of drug-likeness (QED) is 0.585. The molecular formula is C8H6F5N.